The third kappa shape index (κ3) is 5.17. The van der Waals surface area contributed by atoms with Crippen molar-refractivity contribution in [1.29, 1.82) is 0 Å². The van der Waals surface area contributed by atoms with E-state index in [-0.39, 0.29) is 14.2 Å². The van der Waals surface area contributed by atoms with E-state index in [1.165, 1.54) is 86.6 Å². The lowest BCUT2D eigenvalue weighted by atomic mass is 9.63. The van der Waals surface area contributed by atoms with E-state index < -0.39 is 0 Å². The van der Waals surface area contributed by atoms with Crippen LogP contribution in [-0.4, -0.2) is 73.8 Å². The number of hydrogen-bond acceptors (Lipinski definition) is 5. The number of rotatable bonds is 5. The molecule has 1 aromatic rings. The van der Waals surface area contributed by atoms with Crippen LogP contribution in [0.4, 0.5) is 5.69 Å². The molecule has 2 radical (unpaired) electrons. The fourth-order valence-corrected chi connectivity index (χ4v) is 6.69. The standard InChI is InChI=1S/C26H45B2N5/c1-21-18-22(2)26(23(3)19-21)33-27(29(4)5)31(24-14-10-8-11-15-24)20-32(28(33)30(6)7)25-16-12-9-13-17-25/h18-19,24-25H,8-17H2,1-7H3. The van der Waals surface area contributed by atoms with E-state index in [0.717, 1.165) is 0 Å². The number of aryl methyl sites for hydroxylation is 3. The predicted octanol–water partition coefficient (Wildman–Crippen LogP) is 4.79. The van der Waals surface area contributed by atoms with Crippen LogP contribution in [0, 0.1) is 27.4 Å². The minimum absolute atomic E-state index is 0.153. The van der Waals surface area contributed by atoms with Crippen molar-refractivity contribution < 1.29 is 0 Å². The molecule has 7 heteroatoms. The van der Waals surface area contributed by atoms with E-state index >= 15 is 0 Å². The van der Waals surface area contributed by atoms with Crippen LogP contribution in [0.25, 0.3) is 0 Å². The maximum atomic E-state index is 4.05. The van der Waals surface area contributed by atoms with E-state index in [4.69, 9.17) is 0 Å². The van der Waals surface area contributed by atoms with Gasteiger partial charge in [0.1, 0.15) is 6.67 Å². The van der Waals surface area contributed by atoms with Crippen LogP contribution in [0.1, 0.15) is 80.9 Å². The van der Waals surface area contributed by atoms with Crippen molar-refractivity contribution in [2.75, 3.05) is 32.9 Å². The van der Waals surface area contributed by atoms with Crippen molar-refractivity contribution in [2.45, 2.75) is 97.1 Å². The van der Waals surface area contributed by atoms with Crippen molar-refractivity contribution in [2.24, 2.45) is 0 Å². The topological polar surface area (TPSA) is 16.2 Å². The molecular weight excluding hydrogens is 404 g/mol. The number of benzene rings is 1. The Balaban J connectivity index is 1.84. The van der Waals surface area contributed by atoms with Crippen molar-refractivity contribution in [1.82, 2.24) is 19.2 Å². The van der Waals surface area contributed by atoms with Gasteiger partial charge in [-0.3, -0.25) is 9.62 Å². The molecule has 1 heterocycles. The summed E-state index contributed by atoms with van der Waals surface area (Å²) in [5.41, 5.74) is 5.49. The average molecular weight is 449 g/mol. The maximum Gasteiger partial charge on any atom is 0.427 e. The molecule has 0 aromatic heterocycles. The molecule has 2 saturated carbocycles. The van der Waals surface area contributed by atoms with E-state index in [2.05, 4.69) is 91.7 Å². The summed E-state index contributed by atoms with van der Waals surface area (Å²) >= 11 is 0. The van der Waals surface area contributed by atoms with Crippen molar-refractivity contribution in [3.8, 4) is 0 Å². The SMILES string of the molecule is Cc1cc(C)c(N2B(N(C)C)N(C3CCCCC3)[C]N(C3CCCCC3)B2N(C)C)c(C)c1. The normalized spacial score (nSPS) is 22.8. The van der Waals surface area contributed by atoms with E-state index in [1.54, 1.807) is 0 Å². The number of anilines is 1. The number of nitrogens with zero attached hydrogens (tertiary/aromatic N) is 5. The molecule has 0 spiro atoms. The molecule has 0 N–H and O–H groups in total. The molecule has 4 rings (SSSR count). The monoisotopic (exact) mass is 449 g/mol. The van der Waals surface area contributed by atoms with Gasteiger partial charge in [0.2, 0.25) is 0 Å². The summed E-state index contributed by atoms with van der Waals surface area (Å²) < 4.78 is 2.71. The number of hydrogen-bond donors (Lipinski definition) is 0. The van der Waals surface area contributed by atoms with Crippen molar-refractivity contribution in [3.05, 3.63) is 35.5 Å². The highest BCUT2D eigenvalue weighted by Gasteiger charge is 2.54. The van der Waals surface area contributed by atoms with Gasteiger partial charge in [-0.05, 0) is 85.8 Å². The van der Waals surface area contributed by atoms with E-state index in [9.17, 15) is 0 Å². The van der Waals surface area contributed by atoms with E-state index in [1.807, 2.05) is 0 Å². The predicted molar refractivity (Wildman–Crippen MR) is 143 cm³/mol. The van der Waals surface area contributed by atoms with Crippen molar-refractivity contribution >= 4 is 19.9 Å². The van der Waals surface area contributed by atoms with Gasteiger partial charge in [0.05, 0.1) is 0 Å². The largest absolute Gasteiger partial charge is 0.427 e. The highest BCUT2D eigenvalue weighted by molar-refractivity contribution is 6.79. The summed E-state index contributed by atoms with van der Waals surface area (Å²) in [6.07, 6.45) is 13.2. The fourth-order valence-electron chi connectivity index (χ4n) is 6.69. The van der Waals surface area contributed by atoms with Crippen LogP contribution in [0.2, 0.25) is 0 Å². The van der Waals surface area contributed by atoms with Gasteiger partial charge in [-0.2, -0.15) is 0 Å². The van der Waals surface area contributed by atoms with Gasteiger partial charge in [-0.25, -0.2) is 0 Å². The van der Waals surface area contributed by atoms with Crippen LogP contribution < -0.4 is 4.72 Å². The highest BCUT2D eigenvalue weighted by Crippen LogP contribution is 2.38. The van der Waals surface area contributed by atoms with Crippen LogP contribution in [0.5, 0.6) is 0 Å². The molecule has 1 saturated heterocycles. The molecule has 2 aliphatic carbocycles. The first kappa shape index (κ1) is 25.1. The van der Waals surface area contributed by atoms with Crippen LogP contribution in [0.15, 0.2) is 12.1 Å². The lowest BCUT2D eigenvalue weighted by Gasteiger charge is -2.57. The Kier molecular flexibility index (Phi) is 8.15. The lowest BCUT2D eigenvalue weighted by molar-refractivity contribution is 0.172. The lowest BCUT2D eigenvalue weighted by Crippen LogP contribution is -2.79. The minimum Gasteiger partial charge on any atom is -0.404 e. The Morgan fingerprint density at radius 3 is 1.45 bits per heavy atom. The third-order valence-electron chi connectivity index (χ3n) is 7.98. The van der Waals surface area contributed by atoms with Gasteiger partial charge in [-0.15, -0.1) is 0 Å². The first-order valence-electron chi connectivity index (χ1n) is 13.3. The van der Waals surface area contributed by atoms with Gasteiger partial charge >= 0.3 is 14.2 Å². The molecule has 1 aromatic carbocycles. The Morgan fingerprint density at radius 2 is 1.09 bits per heavy atom. The zero-order valence-electron chi connectivity index (χ0n) is 22.3. The first-order chi connectivity index (χ1) is 15.8. The second-order valence-electron chi connectivity index (χ2n) is 11.3. The van der Waals surface area contributed by atoms with Crippen molar-refractivity contribution in [3.63, 3.8) is 0 Å². The molecule has 33 heavy (non-hydrogen) atoms. The quantitative estimate of drug-likeness (QED) is 0.600. The van der Waals surface area contributed by atoms with Crippen LogP contribution in [0.3, 0.4) is 0 Å². The summed E-state index contributed by atoms with van der Waals surface area (Å²) in [5, 5.41) is 0. The van der Waals surface area contributed by atoms with Gasteiger partial charge in [0.25, 0.3) is 0 Å². The molecule has 5 nitrogen and oxygen atoms in total. The first-order valence-corrected chi connectivity index (χ1v) is 13.3. The summed E-state index contributed by atoms with van der Waals surface area (Å²) in [5.74, 6) is 0. The average Bonchev–Trinajstić information content (AvgIpc) is 2.78. The van der Waals surface area contributed by atoms with Gasteiger partial charge in [0, 0.05) is 17.8 Å². The maximum absolute atomic E-state index is 4.05. The Morgan fingerprint density at radius 1 is 0.697 bits per heavy atom. The molecule has 3 fully saturated rings. The van der Waals surface area contributed by atoms with E-state index in [0.29, 0.717) is 12.1 Å². The zero-order valence-corrected chi connectivity index (χ0v) is 22.3. The molecule has 0 bridgehead atoms. The minimum atomic E-state index is 0.153. The third-order valence-corrected chi connectivity index (χ3v) is 7.98. The van der Waals surface area contributed by atoms with Crippen LogP contribution >= 0.6 is 0 Å². The molecule has 0 atom stereocenters. The molecule has 1 aliphatic heterocycles. The molecule has 3 aliphatic rings. The van der Waals surface area contributed by atoms with Crippen LogP contribution in [-0.2, 0) is 0 Å². The fraction of sp³-hybridized carbons (Fsp3) is 0.731. The molecule has 0 unspecified atom stereocenters. The van der Waals surface area contributed by atoms with Gasteiger partial charge < -0.3 is 14.3 Å². The Hall–Kier alpha value is -1.01. The van der Waals surface area contributed by atoms with Gasteiger partial charge in [0.15, 0.2) is 0 Å². The summed E-state index contributed by atoms with van der Waals surface area (Å²) in [6, 6.07) is 5.85. The zero-order chi connectivity index (χ0) is 23.7. The second-order valence-corrected chi connectivity index (χ2v) is 11.3. The Bertz CT molecular complexity index is 730. The summed E-state index contributed by atoms with van der Waals surface area (Å²) in [4.78, 5) is 10.1. The van der Waals surface area contributed by atoms with Gasteiger partial charge in [-0.1, -0.05) is 56.2 Å². The highest BCUT2D eigenvalue weighted by atomic mass is 15.5. The second kappa shape index (κ2) is 10.7. The summed E-state index contributed by atoms with van der Waals surface area (Å²) in [7, 11) is 9.29. The molecule has 0 amide bonds. The smallest absolute Gasteiger partial charge is 0.404 e. The molecular formula is C26H45B2N5. The summed E-state index contributed by atoms with van der Waals surface area (Å²) in [6.45, 7) is 10.9. The molecule has 180 valence electrons. The Labute approximate surface area is 204 Å².